The molecule has 0 aliphatic heterocycles. The fourth-order valence-corrected chi connectivity index (χ4v) is 1.51. The van der Waals surface area contributed by atoms with Crippen LogP contribution in [0.25, 0.3) is 0 Å². The average molecular weight is 199 g/mol. The topological polar surface area (TPSA) is 20.3 Å². The third kappa shape index (κ3) is 7.07. The molecular weight excluding hydrogens is 174 g/mol. The van der Waals surface area contributed by atoms with Gasteiger partial charge in [-0.25, -0.2) is 0 Å². The Hall–Kier alpha value is -0.370. The van der Waals surface area contributed by atoms with E-state index in [4.69, 9.17) is 0 Å². The first-order valence-electron chi connectivity index (χ1n) is 5.67. The molecule has 0 N–H and O–H groups in total. The molecule has 0 atom stereocenters. The molecule has 0 bridgehead atoms. The number of hydrogen-bond donors (Lipinski definition) is 0. The zero-order valence-electron chi connectivity index (χ0n) is 10.3. The number of Topliss-reactive ketones (excluding diaryl/α,β-unsaturated/α-hetero) is 1. The van der Waals surface area contributed by atoms with Crippen molar-refractivity contribution < 1.29 is 4.79 Å². The van der Waals surface area contributed by atoms with Crippen molar-refractivity contribution in [2.45, 2.75) is 53.5 Å². The van der Waals surface area contributed by atoms with Crippen molar-refractivity contribution >= 4 is 5.78 Å². The molecule has 0 aromatic carbocycles. The molecule has 0 aliphatic rings. The van der Waals surface area contributed by atoms with Gasteiger partial charge in [0.25, 0.3) is 0 Å². The van der Waals surface area contributed by atoms with Crippen molar-refractivity contribution in [3.8, 4) is 0 Å². The smallest absolute Gasteiger partial charge is 0.143 e. The molecule has 2 heteroatoms. The van der Waals surface area contributed by atoms with Gasteiger partial charge in [0.1, 0.15) is 5.78 Å². The van der Waals surface area contributed by atoms with Crippen LogP contribution >= 0.6 is 0 Å². The van der Waals surface area contributed by atoms with Gasteiger partial charge in [-0.1, -0.05) is 13.8 Å². The lowest BCUT2D eigenvalue weighted by molar-refractivity contribution is -0.118. The molecule has 0 spiro atoms. The van der Waals surface area contributed by atoms with Crippen LogP contribution in [0.1, 0.15) is 47.5 Å². The van der Waals surface area contributed by atoms with Crippen molar-refractivity contribution in [2.24, 2.45) is 5.92 Å². The minimum atomic E-state index is 0.267. The molecule has 0 aromatic heterocycles. The highest BCUT2D eigenvalue weighted by Gasteiger charge is 2.10. The Labute approximate surface area is 88.7 Å². The lowest BCUT2D eigenvalue weighted by Gasteiger charge is -2.25. The first kappa shape index (κ1) is 13.6. The van der Waals surface area contributed by atoms with Crippen LogP contribution in [0.3, 0.4) is 0 Å². The van der Waals surface area contributed by atoms with Gasteiger partial charge >= 0.3 is 0 Å². The first-order valence-corrected chi connectivity index (χ1v) is 5.67. The molecule has 0 heterocycles. The number of ketones is 1. The Morgan fingerprint density at radius 2 is 1.79 bits per heavy atom. The van der Waals surface area contributed by atoms with E-state index in [0.29, 0.717) is 12.6 Å². The standard InChI is InChI=1S/C12H25NO/c1-10(2)7-6-8-13(11(3)4)9-12(5)14/h10-11H,6-9H2,1-5H3. The summed E-state index contributed by atoms with van der Waals surface area (Å²) in [7, 11) is 0. The van der Waals surface area contributed by atoms with Crippen LogP contribution in [-0.4, -0.2) is 29.8 Å². The maximum Gasteiger partial charge on any atom is 0.143 e. The number of carbonyl (C=O) groups excluding carboxylic acids is 1. The van der Waals surface area contributed by atoms with Crippen molar-refractivity contribution in [2.75, 3.05) is 13.1 Å². The van der Waals surface area contributed by atoms with Crippen molar-refractivity contribution in [1.82, 2.24) is 4.90 Å². The normalized spacial score (nSPS) is 11.7. The van der Waals surface area contributed by atoms with Crippen molar-refractivity contribution in [1.29, 1.82) is 0 Å². The van der Waals surface area contributed by atoms with Crippen molar-refractivity contribution in [3.05, 3.63) is 0 Å². The van der Waals surface area contributed by atoms with E-state index >= 15 is 0 Å². The average Bonchev–Trinajstić information content (AvgIpc) is 2.00. The predicted octanol–water partition coefficient (Wildman–Crippen LogP) is 2.72. The van der Waals surface area contributed by atoms with E-state index in [1.807, 2.05) is 0 Å². The third-order valence-corrected chi connectivity index (χ3v) is 2.38. The lowest BCUT2D eigenvalue weighted by atomic mass is 10.1. The minimum Gasteiger partial charge on any atom is -0.299 e. The van der Waals surface area contributed by atoms with Crippen LogP contribution < -0.4 is 0 Å². The van der Waals surface area contributed by atoms with E-state index in [1.165, 1.54) is 12.8 Å². The molecule has 0 fully saturated rings. The highest BCUT2D eigenvalue weighted by atomic mass is 16.1. The summed E-state index contributed by atoms with van der Waals surface area (Å²) in [6.07, 6.45) is 2.45. The molecule has 0 aliphatic carbocycles. The molecule has 2 nitrogen and oxygen atoms in total. The Morgan fingerprint density at radius 1 is 1.21 bits per heavy atom. The van der Waals surface area contributed by atoms with E-state index in [2.05, 4.69) is 32.6 Å². The van der Waals surface area contributed by atoms with Crippen LogP contribution in [-0.2, 0) is 4.79 Å². The monoisotopic (exact) mass is 199 g/mol. The molecule has 14 heavy (non-hydrogen) atoms. The van der Waals surface area contributed by atoms with E-state index in [0.717, 1.165) is 12.5 Å². The molecule has 0 amide bonds. The highest BCUT2D eigenvalue weighted by Crippen LogP contribution is 2.07. The maximum absolute atomic E-state index is 11.0. The van der Waals surface area contributed by atoms with Gasteiger partial charge in [0.2, 0.25) is 0 Å². The predicted molar refractivity (Wildman–Crippen MR) is 61.5 cm³/mol. The maximum atomic E-state index is 11.0. The summed E-state index contributed by atoms with van der Waals surface area (Å²) in [4.78, 5) is 13.3. The molecule has 84 valence electrons. The highest BCUT2D eigenvalue weighted by molar-refractivity contribution is 5.77. The van der Waals surface area contributed by atoms with Gasteiger partial charge in [-0.05, 0) is 46.1 Å². The molecule has 0 rings (SSSR count). The third-order valence-electron chi connectivity index (χ3n) is 2.38. The van der Waals surface area contributed by atoms with Gasteiger partial charge in [0.15, 0.2) is 0 Å². The summed E-state index contributed by atoms with van der Waals surface area (Å²) in [5.74, 6) is 1.03. The van der Waals surface area contributed by atoms with Crippen LogP contribution in [0.5, 0.6) is 0 Å². The van der Waals surface area contributed by atoms with E-state index in [-0.39, 0.29) is 5.78 Å². The minimum absolute atomic E-state index is 0.267. The quantitative estimate of drug-likeness (QED) is 0.628. The van der Waals surface area contributed by atoms with Crippen LogP contribution in [0.2, 0.25) is 0 Å². The Morgan fingerprint density at radius 3 is 2.14 bits per heavy atom. The summed E-state index contributed by atoms with van der Waals surface area (Å²) in [5.41, 5.74) is 0. The van der Waals surface area contributed by atoms with Crippen LogP contribution in [0.4, 0.5) is 0 Å². The summed E-state index contributed by atoms with van der Waals surface area (Å²) >= 11 is 0. The van der Waals surface area contributed by atoms with Gasteiger partial charge in [-0.2, -0.15) is 0 Å². The summed E-state index contributed by atoms with van der Waals surface area (Å²) in [6, 6.07) is 0.478. The first-order chi connectivity index (χ1) is 6.43. The molecule has 0 aromatic rings. The van der Waals surface area contributed by atoms with Gasteiger partial charge in [-0.3, -0.25) is 9.69 Å². The van der Waals surface area contributed by atoms with Gasteiger partial charge < -0.3 is 0 Å². The van der Waals surface area contributed by atoms with Crippen LogP contribution in [0.15, 0.2) is 0 Å². The Bertz CT molecular complexity index is 164. The molecule has 0 unspecified atom stereocenters. The lowest BCUT2D eigenvalue weighted by Crippen LogP contribution is -2.35. The fourth-order valence-electron chi connectivity index (χ4n) is 1.51. The number of rotatable bonds is 7. The largest absolute Gasteiger partial charge is 0.299 e. The fraction of sp³-hybridized carbons (Fsp3) is 0.917. The Balaban J connectivity index is 3.79. The summed E-state index contributed by atoms with van der Waals surface area (Å²) in [6.45, 7) is 12.1. The molecule has 0 saturated carbocycles. The number of nitrogens with zero attached hydrogens (tertiary/aromatic N) is 1. The van der Waals surface area contributed by atoms with Crippen LogP contribution in [0, 0.1) is 5.92 Å². The van der Waals surface area contributed by atoms with Gasteiger partial charge in [0, 0.05) is 6.04 Å². The molecule has 0 saturated heterocycles. The van der Waals surface area contributed by atoms with E-state index < -0.39 is 0 Å². The zero-order valence-corrected chi connectivity index (χ0v) is 10.3. The summed E-state index contributed by atoms with van der Waals surface area (Å²) < 4.78 is 0. The van der Waals surface area contributed by atoms with E-state index in [9.17, 15) is 4.79 Å². The van der Waals surface area contributed by atoms with Gasteiger partial charge in [-0.15, -0.1) is 0 Å². The van der Waals surface area contributed by atoms with Crippen molar-refractivity contribution in [3.63, 3.8) is 0 Å². The summed E-state index contributed by atoms with van der Waals surface area (Å²) in [5, 5.41) is 0. The SMILES string of the molecule is CC(=O)CN(CCCC(C)C)C(C)C. The second kappa shape index (κ2) is 6.99. The second-order valence-corrected chi connectivity index (χ2v) is 4.80. The zero-order chi connectivity index (χ0) is 11.1. The number of carbonyl (C=O) groups is 1. The molecular formula is C12H25NO. The Kier molecular flexibility index (Phi) is 6.81. The number of hydrogen-bond acceptors (Lipinski definition) is 2. The molecule has 0 radical (unpaired) electrons. The van der Waals surface area contributed by atoms with Gasteiger partial charge in [0.05, 0.1) is 6.54 Å². The van der Waals surface area contributed by atoms with E-state index in [1.54, 1.807) is 6.92 Å². The second-order valence-electron chi connectivity index (χ2n) is 4.80.